The summed E-state index contributed by atoms with van der Waals surface area (Å²) in [7, 11) is 1.46. The minimum absolute atomic E-state index is 0.271. The summed E-state index contributed by atoms with van der Waals surface area (Å²) in [6.07, 6.45) is 2.92. The zero-order valence-electron chi connectivity index (χ0n) is 13.7. The van der Waals surface area contributed by atoms with E-state index >= 15 is 0 Å². The Kier molecular flexibility index (Phi) is 5.37. The number of pyridine rings is 1. The molecule has 1 aromatic heterocycles. The maximum atomic E-state index is 13.8. The molecular formula is C18H21F2N3O. The number of nitrogens with zero attached hydrogens (tertiary/aromatic N) is 3. The molecule has 0 aliphatic carbocycles. The topological polar surface area (TPSA) is 28.6 Å². The monoisotopic (exact) mass is 333 g/mol. The molecule has 24 heavy (non-hydrogen) atoms. The van der Waals surface area contributed by atoms with E-state index in [0.717, 1.165) is 43.9 Å². The molecule has 1 saturated heterocycles. The third kappa shape index (κ3) is 4.27. The number of piperazine rings is 1. The van der Waals surface area contributed by atoms with Crippen molar-refractivity contribution in [3.8, 4) is 5.75 Å². The van der Waals surface area contributed by atoms with Crippen molar-refractivity contribution in [2.45, 2.75) is 13.1 Å². The highest BCUT2D eigenvalue weighted by Gasteiger charge is 2.18. The first-order chi connectivity index (χ1) is 11.6. The van der Waals surface area contributed by atoms with Crippen molar-refractivity contribution in [3.63, 3.8) is 0 Å². The minimum Gasteiger partial charge on any atom is -0.494 e. The van der Waals surface area contributed by atoms with E-state index in [-0.39, 0.29) is 17.4 Å². The van der Waals surface area contributed by atoms with Crippen LogP contribution in [0.3, 0.4) is 0 Å². The smallest absolute Gasteiger partial charge is 0.165 e. The summed E-state index contributed by atoms with van der Waals surface area (Å²) in [6.45, 7) is 5.02. The predicted molar refractivity (Wildman–Crippen MR) is 87.7 cm³/mol. The lowest BCUT2D eigenvalue weighted by molar-refractivity contribution is 0.121. The van der Waals surface area contributed by atoms with Crippen LogP contribution in [0.15, 0.2) is 36.7 Å². The largest absolute Gasteiger partial charge is 0.494 e. The first-order valence-corrected chi connectivity index (χ1v) is 8.00. The second kappa shape index (κ2) is 7.68. The highest BCUT2D eigenvalue weighted by atomic mass is 19.1. The molecular weight excluding hydrogens is 312 g/mol. The van der Waals surface area contributed by atoms with E-state index in [1.165, 1.54) is 25.4 Å². The van der Waals surface area contributed by atoms with Crippen molar-refractivity contribution in [1.82, 2.24) is 14.8 Å². The number of rotatable bonds is 5. The molecule has 1 aliphatic rings. The van der Waals surface area contributed by atoms with Gasteiger partial charge in [-0.3, -0.25) is 14.8 Å². The first-order valence-electron chi connectivity index (χ1n) is 8.00. The van der Waals surface area contributed by atoms with E-state index in [2.05, 4.69) is 14.8 Å². The third-order valence-electron chi connectivity index (χ3n) is 4.25. The van der Waals surface area contributed by atoms with Crippen LogP contribution >= 0.6 is 0 Å². The molecule has 6 heteroatoms. The van der Waals surface area contributed by atoms with Gasteiger partial charge in [-0.15, -0.1) is 0 Å². The van der Waals surface area contributed by atoms with Gasteiger partial charge >= 0.3 is 0 Å². The molecule has 1 aliphatic heterocycles. The van der Waals surface area contributed by atoms with Gasteiger partial charge in [0, 0.05) is 45.5 Å². The Balaban J connectivity index is 1.51. The maximum absolute atomic E-state index is 13.8. The molecule has 3 rings (SSSR count). The van der Waals surface area contributed by atoms with Gasteiger partial charge < -0.3 is 4.74 Å². The Morgan fingerprint density at radius 1 is 0.958 bits per heavy atom. The zero-order chi connectivity index (χ0) is 16.9. The lowest BCUT2D eigenvalue weighted by atomic mass is 10.1. The fraction of sp³-hybridized carbons (Fsp3) is 0.389. The van der Waals surface area contributed by atoms with Crippen LogP contribution in [0, 0.1) is 11.6 Å². The first kappa shape index (κ1) is 16.8. The maximum Gasteiger partial charge on any atom is 0.165 e. The molecule has 0 radical (unpaired) electrons. The number of benzene rings is 1. The number of ether oxygens (including phenoxy) is 1. The van der Waals surface area contributed by atoms with Crippen molar-refractivity contribution in [2.24, 2.45) is 0 Å². The quantitative estimate of drug-likeness (QED) is 0.841. The molecule has 0 unspecified atom stereocenters. The van der Waals surface area contributed by atoms with Crippen molar-refractivity contribution < 1.29 is 13.5 Å². The molecule has 1 aromatic carbocycles. The molecule has 0 bridgehead atoms. The van der Waals surface area contributed by atoms with E-state index in [4.69, 9.17) is 4.74 Å². The standard InChI is InChI=1S/C18H21F2N3O/c1-24-18-3-2-14(9-17(18)20)12-22-4-6-23(7-5-22)13-15-8-16(19)11-21-10-15/h2-3,8-11H,4-7,12-13H2,1H3. The molecule has 2 aromatic rings. The van der Waals surface area contributed by atoms with Gasteiger partial charge in [0.1, 0.15) is 5.82 Å². The summed E-state index contributed by atoms with van der Waals surface area (Å²) in [5.41, 5.74) is 1.83. The van der Waals surface area contributed by atoms with Gasteiger partial charge in [0.05, 0.1) is 13.3 Å². The van der Waals surface area contributed by atoms with E-state index in [9.17, 15) is 8.78 Å². The number of hydrogen-bond donors (Lipinski definition) is 0. The van der Waals surface area contributed by atoms with Crippen LogP contribution in [0.5, 0.6) is 5.75 Å². The minimum atomic E-state index is -0.327. The normalized spacial score (nSPS) is 16.3. The van der Waals surface area contributed by atoms with Crippen molar-refractivity contribution in [1.29, 1.82) is 0 Å². The fourth-order valence-electron chi connectivity index (χ4n) is 2.97. The summed E-state index contributed by atoms with van der Waals surface area (Å²) in [5.74, 6) is -0.354. The Morgan fingerprint density at radius 2 is 1.62 bits per heavy atom. The highest BCUT2D eigenvalue weighted by Crippen LogP contribution is 2.19. The van der Waals surface area contributed by atoms with Crippen LogP contribution in [0.2, 0.25) is 0 Å². The van der Waals surface area contributed by atoms with Crippen LogP contribution < -0.4 is 4.74 Å². The summed E-state index contributed by atoms with van der Waals surface area (Å²) < 4.78 is 31.9. The summed E-state index contributed by atoms with van der Waals surface area (Å²) in [5, 5.41) is 0. The van der Waals surface area contributed by atoms with E-state index < -0.39 is 0 Å². The van der Waals surface area contributed by atoms with Gasteiger partial charge in [-0.1, -0.05) is 6.07 Å². The lowest BCUT2D eigenvalue weighted by Crippen LogP contribution is -2.45. The number of methoxy groups -OCH3 is 1. The Hall–Kier alpha value is -2.05. The lowest BCUT2D eigenvalue weighted by Gasteiger charge is -2.34. The van der Waals surface area contributed by atoms with Crippen molar-refractivity contribution >= 4 is 0 Å². The third-order valence-corrected chi connectivity index (χ3v) is 4.25. The average molecular weight is 333 g/mol. The molecule has 4 nitrogen and oxygen atoms in total. The average Bonchev–Trinajstić information content (AvgIpc) is 2.57. The fourth-order valence-corrected chi connectivity index (χ4v) is 2.97. The SMILES string of the molecule is COc1ccc(CN2CCN(Cc3cncc(F)c3)CC2)cc1F. The second-order valence-corrected chi connectivity index (χ2v) is 6.03. The van der Waals surface area contributed by atoms with Gasteiger partial charge in [-0.25, -0.2) is 8.78 Å². The second-order valence-electron chi connectivity index (χ2n) is 6.03. The van der Waals surface area contributed by atoms with Crippen LogP contribution in [-0.2, 0) is 13.1 Å². The molecule has 0 N–H and O–H groups in total. The summed E-state index contributed by atoms with van der Waals surface area (Å²) in [6, 6.07) is 6.62. The highest BCUT2D eigenvalue weighted by molar-refractivity contribution is 5.29. The van der Waals surface area contributed by atoms with Gasteiger partial charge in [0.2, 0.25) is 0 Å². The summed E-state index contributed by atoms with van der Waals surface area (Å²) in [4.78, 5) is 8.46. The summed E-state index contributed by atoms with van der Waals surface area (Å²) >= 11 is 0. The van der Waals surface area contributed by atoms with Gasteiger partial charge in [-0.2, -0.15) is 0 Å². The number of hydrogen-bond acceptors (Lipinski definition) is 4. The molecule has 0 amide bonds. The van der Waals surface area contributed by atoms with Crippen molar-refractivity contribution in [3.05, 3.63) is 59.4 Å². The van der Waals surface area contributed by atoms with E-state index in [0.29, 0.717) is 6.54 Å². The van der Waals surface area contributed by atoms with Crippen LogP contribution in [0.25, 0.3) is 0 Å². The number of aromatic nitrogens is 1. The molecule has 0 atom stereocenters. The molecule has 1 fully saturated rings. The molecule has 0 saturated carbocycles. The van der Waals surface area contributed by atoms with Crippen molar-refractivity contribution in [2.75, 3.05) is 33.3 Å². The van der Waals surface area contributed by atoms with Gasteiger partial charge in [0.15, 0.2) is 11.6 Å². The molecule has 0 spiro atoms. The van der Waals surface area contributed by atoms with Gasteiger partial charge in [0.25, 0.3) is 0 Å². The molecule has 128 valence electrons. The van der Waals surface area contributed by atoms with E-state index in [1.807, 2.05) is 6.07 Å². The Morgan fingerprint density at radius 3 is 2.21 bits per heavy atom. The Bertz CT molecular complexity index is 688. The van der Waals surface area contributed by atoms with Gasteiger partial charge in [-0.05, 0) is 29.3 Å². The Labute approximate surface area is 140 Å². The van der Waals surface area contributed by atoms with Crippen LogP contribution in [0.4, 0.5) is 8.78 Å². The van der Waals surface area contributed by atoms with Crippen LogP contribution in [-0.4, -0.2) is 48.1 Å². The zero-order valence-corrected chi connectivity index (χ0v) is 13.7. The van der Waals surface area contributed by atoms with Crippen LogP contribution in [0.1, 0.15) is 11.1 Å². The number of halogens is 2. The molecule has 2 heterocycles. The van der Waals surface area contributed by atoms with E-state index in [1.54, 1.807) is 12.3 Å². The predicted octanol–water partition coefficient (Wildman–Crippen LogP) is 2.69.